The molecule has 3 aromatic rings. The summed E-state index contributed by atoms with van der Waals surface area (Å²) in [5.74, 6) is -0.295. The van der Waals surface area contributed by atoms with Gasteiger partial charge in [0.15, 0.2) is 4.80 Å². The van der Waals surface area contributed by atoms with E-state index in [9.17, 15) is 9.59 Å². The molecule has 1 unspecified atom stereocenters. The molecule has 1 aromatic heterocycles. The second kappa shape index (κ2) is 6.93. The van der Waals surface area contributed by atoms with Crippen LogP contribution in [-0.2, 0) is 4.79 Å². The molecule has 0 aliphatic carbocycles. The standard InChI is InChI=1S/C19H18N2O2S/c1-3-15(12-22)21-16-6-4-5-7-17(16)24-19(21)20-18(23)14-10-8-13(2)9-11-14/h4-12,15H,3H2,1-2H3. The Morgan fingerprint density at radius 1 is 1.21 bits per heavy atom. The van der Waals surface area contributed by atoms with Gasteiger partial charge in [-0.3, -0.25) is 4.79 Å². The Balaban J connectivity index is 2.17. The van der Waals surface area contributed by atoms with Crippen molar-refractivity contribution in [2.24, 2.45) is 4.99 Å². The summed E-state index contributed by atoms with van der Waals surface area (Å²) >= 11 is 1.43. The molecule has 4 nitrogen and oxygen atoms in total. The summed E-state index contributed by atoms with van der Waals surface area (Å²) in [7, 11) is 0. The lowest BCUT2D eigenvalue weighted by molar-refractivity contribution is -0.110. The number of fused-ring (bicyclic) bond motifs is 1. The average Bonchev–Trinajstić information content (AvgIpc) is 2.95. The summed E-state index contributed by atoms with van der Waals surface area (Å²) in [6, 6.07) is 14.8. The van der Waals surface area contributed by atoms with Gasteiger partial charge in [-0.1, -0.05) is 48.1 Å². The van der Waals surface area contributed by atoms with Crippen LogP contribution in [0.15, 0.2) is 53.5 Å². The number of nitrogens with zero attached hydrogens (tertiary/aromatic N) is 2. The monoisotopic (exact) mass is 338 g/mol. The van der Waals surface area contributed by atoms with Crippen molar-refractivity contribution in [2.45, 2.75) is 26.3 Å². The van der Waals surface area contributed by atoms with Crippen molar-refractivity contribution in [2.75, 3.05) is 0 Å². The Kier molecular flexibility index (Phi) is 4.71. The molecule has 1 amide bonds. The summed E-state index contributed by atoms with van der Waals surface area (Å²) in [6.07, 6.45) is 1.56. The first-order valence-corrected chi connectivity index (χ1v) is 8.66. The number of amides is 1. The number of para-hydroxylation sites is 1. The summed E-state index contributed by atoms with van der Waals surface area (Å²) in [5, 5.41) is 0. The highest BCUT2D eigenvalue weighted by Crippen LogP contribution is 2.21. The van der Waals surface area contributed by atoms with Crippen LogP contribution in [0, 0.1) is 6.92 Å². The number of aryl methyl sites for hydroxylation is 1. The van der Waals surface area contributed by atoms with Crippen LogP contribution >= 0.6 is 11.3 Å². The second-order valence-electron chi connectivity index (χ2n) is 5.62. The van der Waals surface area contributed by atoms with Gasteiger partial charge in [0.05, 0.1) is 16.3 Å². The molecule has 122 valence electrons. The number of benzene rings is 2. The fraction of sp³-hybridized carbons (Fsp3) is 0.211. The molecular weight excluding hydrogens is 320 g/mol. The van der Waals surface area contributed by atoms with Crippen molar-refractivity contribution in [1.29, 1.82) is 0 Å². The summed E-state index contributed by atoms with van der Waals surface area (Å²) in [4.78, 5) is 28.8. The van der Waals surface area contributed by atoms with Gasteiger partial charge in [-0.15, -0.1) is 0 Å². The van der Waals surface area contributed by atoms with Crippen molar-refractivity contribution in [1.82, 2.24) is 4.57 Å². The zero-order valence-electron chi connectivity index (χ0n) is 13.6. The van der Waals surface area contributed by atoms with Gasteiger partial charge in [0.25, 0.3) is 5.91 Å². The maximum atomic E-state index is 12.5. The van der Waals surface area contributed by atoms with E-state index in [-0.39, 0.29) is 11.9 Å². The molecule has 0 radical (unpaired) electrons. The molecule has 0 fully saturated rings. The quantitative estimate of drug-likeness (QED) is 0.677. The van der Waals surface area contributed by atoms with E-state index in [2.05, 4.69) is 4.99 Å². The third-order valence-electron chi connectivity index (χ3n) is 3.93. The van der Waals surface area contributed by atoms with Crippen molar-refractivity contribution in [3.05, 3.63) is 64.5 Å². The molecule has 0 spiro atoms. The molecular formula is C19H18N2O2S. The van der Waals surface area contributed by atoms with Crippen LogP contribution in [0.1, 0.15) is 35.3 Å². The zero-order valence-corrected chi connectivity index (χ0v) is 14.4. The number of hydrogen-bond acceptors (Lipinski definition) is 3. The number of aldehydes is 1. The highest BCUT2D eigenvalue weighted by atomic mass is 32.1. The van der Waals surface area contributed by atoms with Gasteiger partial charge in [0, 0.05) is 5.56 Å². The normalized spacial score (nSPS) is 13.2. The molecule has 5 heteroatoms. The maximum absolute atomic E-state index is 12.5. The van der Waals surface area contributed by atoms with E-state index in [1.165, 1.54) is 11.3 Å². The van der Waals surface area contributed by atoms with Gasteiger partial charge in [-0.05, 0) is 37.6 Å². The molecule has 1 atom stereocenters. The van der Waals surface area contributed by atoms with E-state index in [4.69, 9.17) is 0 Å². The van der Waals surface area contributed by atoms with Crippen LogP contribution in [0.4, 0.5) is 0 Å². The van der Waals surface area contributed by atoms with Gasteiger partial charge in [-0.2, -0.15) is 4.99 Å². The first kappa shape index (κ1) is 16.3. The van der Waals surface area contributed by atoms with Crippen molar-refractivity contribution in [3.63, 3.8) is 0 Å². The molecule has 0 bridgehead atoms. The lowest BCUT2D eigenvalue weighted by Gasteiger charge is -2.11. The van der Waals surface area contributed by atoms with E-state index >= 15 is 0 Å². The Hall–Kier alpha value is -2.53. The minimum atomic E-state index is -0.328. The molecule has 24 heavy (non-hydrogen) atoms. The first-order chi connectivity index (χ1) is 11.6. The molecule has 0 saturated heterocycles. The topological polar surface area (TPSA) is 51.4 Å². The third kappa shape index (κ3) is 3.08. The minimum Gasteiger partial charge on any atom is -0.306 e. The van der Waals surface area contributed by atoms with E-state index in [0.29, 0.717) is 16.8 Å². The highest BCUT2D eigenvalue weighted by molar-refractivity contribution is 7.16. The molecule has 3 rings (SSSR count). The minimum absolute atomic E-state index is 0.295. The number of aromatic nitrogens is 1. The predicted molar refractivity (Wildman–Crippen MR) is 96.3 cm³/mol. The van der Waals surface area contributed by atoms with E-state index in [1.807, 2.05) is 54.8 Å². The highest BCUT2D eigenvalue weighted by Gasteiger charge is 2.15. The predicted octanol–water partition coefficient (Wildman–Crippen LogP) is 3.90. The van der Waals surface area contributed by atoms with E-state index < -0.39 is 0 Å². The Bertz CT molecular complexity index is 951. The Labute approximate surface area is 144 Å². The van der Waals surface area contributed by atoms with Gasteiger partial charge in [0.2, 0.25) is 0 Å². The van der Waals surface area contributed by atoms with Gasteiger partial charge < -0.3 is 9.36 Å². The third-order valence-corrected chi connectivity index (χ3v) is 4.97. The number of thiazole rings is 1. The van der Waals surface area contributed by atoms with Crippen LogP contribution in [0.5, 0.6) is 0 Å². The summed E-state index contributed by atoms with van der Waals surface area (Å²) in [6.45, 7) is 3.92. The molecule has 0 N–H and O–H groups in total. The summed E-state index contributed by atoms with van der Waals surface area (Å²) in [5.41, 5.74) is 2.57. The van der Waals surface area contributed by atoms with Crippen LogP contribution in [0.3, 0.4) is 0 Å². The first-order valence-electron chi connectivity index (χ1n) is 7.85. The molecule has 0 aliphatic rings. The van der Waals surface area contributed by atoms with Crippen molar-refractivity contribution in [3.8, 4) is 0 Å². The average molecular weight is 338 g/mol. The van der Waals surface area contributed by atoms with E-state index in [0.717, 1.165) is 22.1 Å². The molecule has 0 aliphatic heterocycles. The van der Waals surface area contributed by atoms with Gasteiger partial charge in [-0.25, -0.2) is 0 Å². The van der Waals surface area contributed by atoms with Gasteiger partial charge >= 0.3 is 0 Å². The SMILES string of the molecule is CCC(C=O)n1c(=NC(=O)c2ccc(C)cc2)sc2ccccc21. The zero-order chi connectivity index (χ0) is 17.1. The van der Waals surface area contributed by atoms with Crippen molar-refractivity contribution < 1.29 is 9.59 Å². The number of rotatable bonds is 4. The fourth-order valence-electron chi connectivity index (χ4n) is 2.58. The number of hydrogen-bond donors (Lipinski definition) is 0. The largest absolute Gasteiger partial charge is 0.306 e. The summed E-state index contributed by atoms with van der Waals surface area (Å²) < 4.78 is 2.87. The smallest absolute Gasteiger partial charge is 0.279 e. The van der Waals surface area contributed by atoms with Crippen molar-refractivity contribution >= 4 is 33.7 Å². The molecule has 1 heterocycles. The van der Waals surface area contributed by atoms with Crippen LogP contribution < -0.4 is 4.80 Å². The van der Waals surface area contributed by atoms with E-state index in [1.54, 1.807) is 12.1 Å². The molecule has 2 aromatic carbocycles. The second-order valence-corrected chi connectivity index (χ2v) is 6.63. The number of carbonyl (C=O) groups is 2. The van der Waals surface area contributed by atoms with Crippen LogP contribution in [0.2, 0.25) is 0 Å². The maximum Gasteiger partial charge on any atom is 0.279 e. The number of carbonyl (C=O) groups excluding carboxylic acids is 2. The van der Waals surface area contributed by atoms with Gasteiger partial charge in [0.1, 0.15) is 6.29 Å². The van der Waals surface area contributed by atoms with Crippen LogP contribution in [0.25, 0.3) is 10.2 Å². The molecule has 0 saturated carbocycles. The fourth-order valence-corrected chi connectivity index (χ4v) is 3.65. The Morgan fingerprint density at radius 2 is 1.92 bits per heavy atom. The lowest BCUT2D eigenvalue weighted by atomic mass is 10.1. The Morgan fingerprint density at radius 3 is 2.58 bits per heavy atom. The lowest BCUT2D eigenvalue weighted by Crippen LogP contribution is -2.22. The van der Waals surface area contributed by atoms with Crippen LogP contribution in [-0.4, -0.2) is 16.8 Å².